The van der Waals surface area contributed by atoms with E-state index >= 15 is 14.4 Å². The van der Waals surface area contributed by atoms with Gasteiger partial charge < -0.3 is 25.8 Å². The molecule has 77 heavy (non-hydrogen) atoms. The maximum absolute atomic E-state index is 16.0. The van der Waals surface area contributed by atoms with Crippen LogP contribution in [0.3, 0.4) is 0 Å². The van der Waals surface area contributed by atoms with Crippen LogP contribution < -0.4 is 30.7 Å². The lowest BCUT2D eigenvalue weighted by molar-refractivity contribution is -0.117. The zero-order valence-electron chi connectivity index (χ0n) is 43.7. The SMILES string of the molecule is C=CC(=O)NC1CCCC(N2C(=O)N(Cc3ccccc3)C(N(C(=O)/C=C/CN(C)C)c3cccc(N4C(=O)N(Cc5ccccc5)Cc5cnc(Nc6cn(C)nc6C)nc54)c3)c3cnc(Nc4cnn(C)c4)nc32)C1. The van der Waals surface area contributed by atoms with Crippen LogP contribution in [0.15, 0.2) is 141 Å². The van der Waals surface area contributed by atoms with E-state index in [1.807, 2.05) is 99.8 Å². The lowest BCUT2D eigenvalue weighted by Crippen LogP contribution is -2.59. The van der Waals surface area contributed by atoms with Crippen molar-refractivity contribution in [1.82, 2.24) is 59.5 Å². The number of urea groups is 2. The van der Waals surface area contributed by atoms with Crippen molar-refractivity contribution in [3.8, 4) is 0 Å². The summed E-state index contributed by atoms with van der Waals surface area (Å²) in [7, 11) is 7.45. The number of aromatic nitrogens is 8. The zero-order chi connectivity index (χ0) is 53.7. The molecule has 21 heteroatoms. The average molecular weight is 1040 g/mol. The Morgan fingerprint density at radius 2 is 1.55 bits per heavy atom. The highest BCUT2D eigenvalue weighted by Crippen LogP contribution is 2.45. The van der Waals surface area contributed by atoms with Gasteiger partial charge in [0.15, 0.2) is 5.82 Å². The van der Waals surface area contributed by atoms with Gasteiger partial charge in [-0.2, -0.15) is 20.2 Å². The Morgan fingerprint density at radius 1 is 0.818 bits per heavy atom. The molecule has 7 aromatic rings. The molecule has 3 atom stereocenters. The summed E-state index contributed by atoms with van der Waals surface area (Å²) in [5.41, 5.74) is 5.77. The summed E-state index contributed by atoms with van der Waals surface area (Å²) in [6.07, 6.45) is 14.5. The third-order valence-corrected chi connectivity index (χ3v) is 13.7. The molecular weight excluding hydrogens is 975 g/mol. The molecule has 0 saturated heterocycles. The number of anilines is 8. The number of nitrogens with one attached hydrogen (secondary N) is 3. The predicted octanol–water partition coefficient (Wildman–Crippen LogP) is 8.01. The summed E-state index contributed by atoms with van der Waals surface area (Å²) < 4.78 is 3.35. The van der Waals surface area contributed by atoms with Crippen LogP contribution in [0.4, 0.5) is 55.9 Å². The molecule has 1 saturated carbocycles. The van der Waals surface area contributed by atoms with E-state index in [9.17, 15) is 4.79 Å². The highest BCUT2D eigenvalue weighted by Gasteiger charge is 2.47. The summed E-state index contributed by atoms with van der Waals surface area (Å²) in [5.74, 6) is 0.388. The van der Waals surface area contributed by atoms with Gasteiger partial charge in [-0.05, 0) is 82.1 Å². The molecule has 21 nitrogen and oxygen atoms in total. The molecule has 2 aliphatic heterocycles. The quantitative estimate of drug-likeness (QED) is 0.0739. The molecule has 1 fully saturated rings. The van der Waals surface area contributed by atoms with Crippen LogP contribution in [0.5, 0.6) is 0 Å². The van der Waals surface area contributed by atoms with Crippen LogP contribution in [0.1, 0.15) is 59.8 Å². The normalized spacial score (nSPS) is 17.4. The van der Waals surface area contributed by atoms with Gasteiger partial charge in [0, 0.05) is 87.9 Å². The number of nitrogens with zero attached hydrogens (tertiary/aromatic N) is 14. The van der Waals surface area contributed by atoms with Gasteiger partial charge in [0.2, 0.25) is 17.8 Å². The lowest BCUT2D eigenvalue weighted by Gasteiger charge is -2.49. The van der Waals surface area contributed by atoms with Crippen molar-refractivity contribution in [2.24, 2.45) is 14.1 Å². The van der Waals surface area contributed by atoms with Crippen LogP contribution in [0, 0.1) is 6.92 Å². The second-order valence-corrected chi connectivity index (χ2v) is 19.7. The third kappa shape index (κ3) is 11.2. The Morgan fingerprint density at radius 3 is 2.25 bits per heavy atom. The van der Waals surface area contributed by atoms with E-state index < -0.39 is 24.1 Å². The summed E-state index contributed by atoms with van der Waals surface area (Å²) in [6.45, 7) is 6.61. The van der Waals surface area contributed by atoms with Gasteiger partial charge in [0.05, 0.1) is 41.1 Å². The van der Waals surface area contributed by atoms with E-state index in [0.717, 1.165) is 29.7 Å². The van der Waals surface area contributed by atoms with E-state index in [1.54, 1.807) is 96.0 Å². The van der Waals surface area contributed by atoms with Gasteiger partial charge in [0.1, 0.15) is 12.0 Å². The Bertz CT molecular complexity index is 3340. The number of likely N-dealkylation sites (N-methyl/N-ethyl adjacent to an activating group) is 1. The first kappa shape index (κ1) is 51.3. The fraction of sp³-hybridized carbons (Fsp3) is 0.286. The van der Waals surface area contributed by atoms with E-state index in [4.69, 9.17) is 19.9 Å². The largest absolute Gasteiger partial charge is 0.350 e. The van der Waals surface area contributed by atoms with Crippen molar-refractivity contribution in [3.63, 3.8) is 0 Å². The molecule has 3 unspecified atom stereocenters. The van der Waals surface area contributed by atoms with E-state index in [1.165, 1.54) is 12.2 Å². The van der Waals surface area contributed by atoms with Crippen LogP contribution >= 0.6 is 0 Å². The first-order chi connectivity index (χ1) is 37.3. The van der Waals surface area contributed by atoms with Crippen molar-refractivity contribution in [3.05, 3.63) is 169 Å². The van der Waals surface area contributed by atoms with E-state index in [2.05, 4.69) is 32.7 Å². The van der Waals surface area contributed by atoms with Gasteiger partial charge >= 0.3 is 12.1 Å². The number of benzene rings is 3. The minimum absolute atomic E-state index is 0.0831. The fourth-order valence-corrected chi connectivity index (χ4v) is 10.2. The number of hydrogen-bond acceptors (Lipinski definition) is 13. The minimum Gasteiger partial charge on any atom is -0.350 e. The molecule has 3 aliphatic rings. The number of rotatable bonds is 17. The molecule has 0 spiro atoms. The predicted molar refractivity (Wildman–Crippen MR) is 294 cm³/mol. The van der Waals surface area contributed by atoms with E-state index in [-0.39, 0.29) is 43.0 Å². The number of carbonyl (C=O) groups excluding carboxylic acids is 4. The first-order valence-electron chi connectivity index (χ1n) is 25.5. The molecule has 0 bridgehead atoms. The Balaban J connectivity index is 1.14. The number of carbonyl (C=O) groups is 4. The minimum atomic E-state index is -1.15. The molecule has 6 amide bonds. The Labute approximate surface area is 446 Å². The standard InChI is InChI=1S/C56H61N17O4/c1-7-48(74)60-41-21-14-22-43(27-41)73-51-46(31-58-53(64-51)61-42-30-59-67(5)35-42)52(70(56(73)77)33-39-19-12-9-13-20-39)71(49(75)25-16-26-66(3)4)44-23-15-24-45(28-44)72-50-40(34-69(55(72)76)32-38-17-10-8-11-18-38)29-57-54(63-50)62-47-36-68(6)65-37(47)2/h7-13,15-20,23-25,28-31,35-36,41,43,52H,1,14,21-22,26-27,32-34H2,2-6H3,(H,60,74)(H,57,62,63)(H,58,61,64)/b25-16+. The van der Waals surface area contributed by atoms with Gasteiger partial charge in [-0.15, -0.1) is 0 Å². The average Bonchev–Trinajstić information content (AvgIpc) is 4.11. The van der Waals surface area contributed by atoms with Gasteiger partial charge in [-0.25, -0.2) is 24.5 Å². The third-order valence-electron chi connectivity index (χ3n) is 13.7. The monoisotopic (exact) mass is 1040 g/mol. The molecule has 1 aliphatic carbocycles. The zero-order valence-corrected chi connectivity index (χ0v) is 43.7. The number of hydrogen-bond donors (Lipinski definition) is 3. The molecule has 10 rings (SSSR count). The Hall–Kier alpha value is -9.24. The number of fused-ring (bicyclic) bond motifs is 2. The number of aryl methyl sites for hydroxylation is 3. The molecule has 3 N–H and O–H groups in total. The second kappa shape index (κ2) is 22.3. The summed E-state index contributed by atoms with van der Waals surface area (Å²) in [6, 6.07) is 25.1. The number of amides is 6. The lowest BCUT2D eigenvalue weighted by atomic mass is 9.89. The maximum atomic E-state index is 16.0. The second-order valence-electron chi connectivity index (χ2n) is 19.7. The van der Waals surface area contributed by atoms with Crippen molar-refractivity contribution in [2.45, 2.75) is 70.5 Å². The van der Waals surface area contributed by atoms with Crippen molar-refractivity contribution >= 4 is 70.2 Å². The first-order valence-corrected chi connectivity index (χ1v) is 25.5. The summed E-state index contributed by atoms with van der Waals surface area (Å²) >= 11 is 0. The Kier molecular flexibility index (Phi) is 14.8. The van der Waals surface area contributed by atoms with Gasteiger partial charge in [-0.1, -0.05) is 79.4 Å². The summed E-state index contributed by atoms with van der Waals surface area (Å²) in [4.78, 5) is 89.2. The topological polar surface area (TPSA) is 211 Å². The summed E-state index contributed by atoms with van der Waals surface area (Å²) in [5, 5.41) is 18.4. The molecule has 394 valence electrons. The maximum Gasteiger partial charge on any atom is 0.330 e. The molecule has 4 aromatic heterocycles. The van der Waals surface area contributed by atoms with Crippen LogP contribution in [-0.4, -0.2) is 111 Å². The highest BCUT2D eigenvalue weighted by atomic mass is 16.2. The van der Waals surface area contributed by atoms with Crippen molar-refractivity contribution < 1.29 is 19.2 Å². The molecule has 3 aromatic carbocycles. The van der Waals surface area contributed by atoms with E-state index in [0.29, 0.717) is 71.4 Å². The molecule has 0 radical (unpaired) electrons. The van der Waals surface area contributed by atoms with Gasteiger partial charge in [0.25, 0.3) is 5.91 Å². The van der Waals surface area contributed by atoms with Crippen LogP contribution in [0.25, 0.3) is 0 Å². The fourth-order valence-electron chi connectivity index (χ4n) is 10.2. The van der Waals surface area contributed by atoms with Crippen molar-refractivity contribution in [1.29, 1.82) is 0 Å². The van der Waals surface area contributed by atoms with Gasteiger partial charge in [-0.3, -0.25) is 33.7 Å². The molecule has 6 heterocycles. The highest BCUT2D eigenvalue weighted by molar-refractivity contribution is 6.06. The van der Waals surface area contributed by atoms with Crippen LogP contribution in [-0.2, 0) is 43.3 Å². The molecular formula is C56H61N17O4. The van der Waals surface area contributed by atoms with Crippen molar-refractivity contribution in [2.75, 3.05) is 46.0 Å². The smallest absolute Gasteiger partial charge is 0.330 e. The van der Waals surface area contributed by atoms with Crippen LogP contribution in [0.2, 0.25) is 0 Å².